The molecule has 27 heavy (non-hydrogen) atoms. The van der Waals surface area contributed by atoms with Crippen molar-refractivity contribution >= 4 is 23.8 Å². The summed E-state index contributed by atoms with van der Waals surface area (Å²) in [4.78, 5) is 38.4. The van der Waals surface area contributed by atoms with Crippen LogP contribution in [0.25, 0.3) is 0 Å². The molecule has 7 nitrogen and oxygen atoms in total. The topological polar surface area (TPSA) is 69.6 Å². The van der Waals surface area contributed by atoms with E-state index in [1.807, 2.05) is 0 Å². The lowest BCUT2D eigenvalue weighted by molar-refractivity contribution is -0.108. The molecule has 1 atom stereocenters. The lowest BCUT2D eigenvalue weighted by atomic mass is 10.1. The quantitative estimate of drug-likeness (QED) is 0.776. The number of aromatic nitrogens is 2. The van der Waals surface area contributed by atoms with E-state index in [-0.39, 0.29) is 11.8 Å². The van der Waals surface area contributed by atoms with E-state index < -0.39 is 6.17 Å². The molecule has 2 aromatic rings. The van der Waals surface area contributed by atoms with Crippen LogP contribution in [-0.4, -0.2) is 53.5 Å². The predicted molar refractivity (Wildman–Crippen MR) is 98.2 cm³/mol. The number of nitrogens with zero attached hydrogens (tertiary/aromatic N) is 5. The number of likely N-dealkylation sites (N-methyl/N-ethyl adjacent to an activating group) is 1. The van der Waals surface area contributed by atoms with Crippen LogP contribution >= 0.6 is 0 Å². The Labute approximate surface area is 156 Å². The molecule has 0 radical (unpaired) electrons. The molecule has 1 saturated heterocycles. The number of benzene rings is 1. The molecular weight excluding hydrogens is 349 g/mol. The number of likely N-dealkylation sites (tertiary alicyclic amines) is 1. The molecule has 2 aliphatic heterocycles. The molecule has 0 N–H and O–H groups in total. The molecule has 0 aliphatic carbocycles. The van der Waals surface area contributed by atoms with Crippen molar-refractivity contribution in [3.05, 3.63) is 47.7 Å². The number of fused-ring (bicyclic) bond motifs is 1. The van der Waals surface area contributed by atoms with Crippen molar-refractivity contribution in [2.45, 2.75) is 25.4 Å². The number of carbonyl (C=O) groups excluding carboxylic acids is 2. The third-order valence-electron chi connectivity index (χ3n) is 5.03. The van der Waals surface area contributed by atoms with Crippen LogP contribution in [0, 0.1) is 5.82 Å². The first-order valence-electron chi connectivity index (χ1n) is 8.95. The van der Waals surface area contributed by atoms with Gasteiger partial charge in [0.05, 0.1) is 6.20 Å². The molecule has 1 fully saturated rings. The Morgan fingerprint density at radius 1 is 1.26 bits per heavy atom. The monoisotopic (exact) mass is 369 g/mol. The Hall–Kier alpha value is -3.03. The van der Waals surface area contributed by atoms with Crippen LogP contribution in [0.3, 0.4) is 0 Å². The molecule has 1 unspecified atom stereocenters. The van der Waals surface area contributed by atoms with Gasteiger partial charge in [-0.25, -0.2) is 19.2 Å². The first kappa shape index (κ1) is 17.4. The summed E-state index contributed by atoms with van der Waals surface area (Å²) in [5, 5.41) is 0. The van der Waals surface area contributed by atoms with Gasteiger partial charge in [0, 0.05) is 26.6 Å². The molecule has 0 saturated carbocycles. The molecule has 1 aromatic carbocycles. The third kappa shape index (κ3) is 3.11. The number of amides is 2. The van der Waals surface area contributed by atoms with Crippen molar-refractivity contribution in [2.24, 2.45) is 0 Å². The Morgan fingerprint density at radius 3 is 2.63 bits per heavy atom. The molecule has 2 aliphatic rings. The molecule has 1 aromatic heterocycles. The second-order valence-corrected chi connectivity index (χ2v) is 6.81. The average Bonchev–Trinajstić information content (AvgIpc) is 3.30. The molecule has 8 heteroatoms. The number of rotatable bonds is 3. The van der Waals surface area contributed by atoms with Crippen LogP contribution in [0.1, 0.15) is 24.2 Å². The summed E-state index contributed by atoms with van der Waals surface area (Å²) in [7, 11) is 1.74. The molecular formula is C19H20FN5O2. The van der Waals surface area contributed by atoms with Gasteiger partial charge < -0.3 is 9.80 Å². The zero-order chi connectivity index (χ0) is 19.0. The Bertz CT molecular complexity index is 867. The number of urea groups is 1. The van der Waals surface area contributed by atoms with Crippen molar-refractivity contribution in [1.82, 2.24) is 14.9 Å². The minimum atomic E-state index is -0.733. The smallest absolute Gasteiger partial charge is 0.326 e. The number of halogens is 1. The maximum atomic E-state index is 13.1. The number of anilines is 2. The molecule has 4 rings (SSSR count). The van der Waals surface area contributed by atoms with Gasteiger partial charge in [0.25, 0.3) is 0 Å². The largest absolute Gasteiger partial charge is 0.331 e. The second-order valence-electron chi connectivity index (χ2n) is 6.81. The van der Waals surface area contributed by atoms with Crippen LogP contribution in [0.2, 0.25) is 0 Å². The summed E-state index contributed by atoms with van der Waals surface area (Å²) in [5.41, 5.74) is 1.42. The average molecular weight is 369 g/mol. The maximum Gasteiger partial charge on any atom is 0.326 e. The number of hydrogen-bond acceptors (Lipinski definition) is 5. The highest BCUT2D eigenvalue weighted by Crippen LogP contribution is 2.37. The lowest BCUT2D eigenvalue weighted by Crippen LogP contribution is -2.50. The standard InChI is InChI=1S/C19H20FN5O2/c1-23-17(12-26)25(19(27)24-8-2-3-9-24)15-11-21-16(22-18(15)23)10-13-4-6-14(20)7-5-13/h4-7,11-12,17H,2-3,8-10H2,1H3. The highest BCUT2D eigenvalue weighted by Gasteiger charge is 2.41. The van der Waals surface area contributed by atoms with Gasteiger partial charge in [-0.05, 0) is 30.5 Å². The van der Waals surface area contributed by atoms with E-state index in [0.717, 1.165) is 24.7 Å². The number of carbonyl (C=O) groups is 2. The van der Waals surface area contributed by atoms with E-state index in [1.165, 1.54) is 17.0 Å². The van der Waals surface area contributed by atoms with Crippen LogP contribution in [0.5, 0.6) is 0 Å². The summed E-state index contributed by atoms with van der Waals surface area (Å²) in [5.74, 6) is 0.803. The number of aldehydes is 1. The second kappa shape index (κ2) is 6.94. The number of hydrogen-bond donors (Lipinski definition) is 0. The minimum absolute atomic E-state index is 0.190. The fourth-order valence-electron chi connectivity index (χ4n) is 3.57. The Morgan fingerprint density at radius 2 is 1.96 bits per heavy atom. The van der Waals surface area contributed by atoms with Gasteiger partial charge in [0.2, 0.25) is 0 Å². The van der Waals surface area contributed by atoms with E-state index in [4.69, 9.17) is 0 Å². The van der Waals surface area contributed by atoms with Gasteiger partial charge in [-0.1, -0.05) is 12.1 Å². The predicted octanol–water partition coefficient (Wildman–Crippen LogP) is 2.20. The molecule has 140 valence electrons. The first-order chi connectivity index (χ1) is 13.1. The highest BCUT2D eigenvalue weighted by molar-refractivity contribution is 6.02. The van der Waals surface area contributed by atoms with Crippen molar-refractivity contribution in [1.29, 1.82) is 0 Å². The van der Waals surface area contributed by atoms with Crippen LogP contribution in [-0.2, 0) is 11.2 Å². The van der Waals surface area contributed by atoms with Gasteiger partial charge in [-0.3, -0.25) is 9.69 Å². The normalized spacial score (nSPS) is 18.7. The lowest BCUT2D eigenvalue weighted by Gasteiger charge is -2.28. The van der Waals surface area contributed by atoms with Gasteiger partial charge in [-0.15, -0.1) is 0 Å². The highest BCUT2D eigenvalue weighted by atomic mass is 19.1. The fourth-order valence-corrected chi connectivity index (χ4v) is 3.57. The minimum Gasteiger partial charge on any atom is -0.331 e. The summed E-state index contributed by atoms with van der Waals surface area (Å²) < 4.78 is 13.1. The molecule has 0 bridgehead atoms. The van der Waals surface area contributed by atoms with E-state index in [2.05, 4.69) is 9.97 Å². The van der Waals surface area contributed by atoms with Crippen molar-refractivity contribution in [2.75, 3.05) is 29.9 Å². The zero-order valence-corrected chi connectivity index (χ0v) is 15.0. The van der Waals surface area contributed by atoms with E-state index in [1.54, 1.807) is 35.2 Å². The van der Waals surface area contributed by atoms with Gasteiger partial charge in [-0.2, -0.15) is 0 Å². The maximum absolute atomic E-state index is 13.1. The molecule has 0 spiro atoms. The van der Waals surface area contributed by atoms with Crippen molar-refractivity contribution in [3.63, 3.8) is 0 Å². The van der Waals surface area contributed by atoms with E-state index in [0.29, 0.717) is 36.8 Å². The SMILES string of the molecule is CN1c2nc(Cc3ccc(F)cc3)ncc2N(C(=O)N2CCCC2)C1C=O. The van der Waals surface area contributed by atoms with Crippen molar-refractivity contribution in [3.8, 4) is 0 Å². The molecule has 3 heterocycles. The zero-order valence-electron chi connectivity index (χ0n) is 15.0. The summed E-state index contributed by atoms with van der Waals surface area (Å²) >= 11 is 0. The summed E-state index contributed by atoms with van der Waals surface area (Å²) in [6.45, 7) is 1.40. The van der Waals surface area contributed by atoms with Crippen LogP contribution in [0.15, 0.2) is 30.5 Å². The van der Waals surface area contributed by atoms with E-state index in [9.17, 15) is 14.0 Å². The fraction of sp³-hybridized carbons (Fsp3) is 0.368. The molecule has 2 amide bonds. The van der Waals surface area contributed by atoms with Crippen LogP contribution in [0.4, 0.5) is 20.7 Å². The third-order valence-corrected chi connectivity index (χ3v) is 5.03. The summed E-state index contributed by atoms with van der Waals surface area (Å²) in [6, 6.07) is 5.98. The first-order valence-corrected chi connectivity index (χ1v) is 8.95. The van der Waals surface area contributed by atoms with E-state index >= 15 is 0 Å². The van der Waals surface area contributed by atoms with Gasteiger partial charge in [0.15, 0.2) is 18.3 Å². The Kier molecular flexibility index (Phi) is 4.47. The van der Waals surface area contributed by atoms with Gasteiger partial charge in [0.1, 0.15) is 17.3 Å². The summed E-state index contributed by atoms with van der Waals surface area (Å²) in [6.07, 6.45) is 3.99. The van der Waals surface area contributed by atoms with Crippen LogP contribution < -0.4 is 9.80 Å². The van der Waals surface area contributed by atoms with Crippen molar-refractivity contribution < 1.29 is 14.0 Å². The van der Waals surface area contributed by atoms with Gasteiger partial charge >= 0.3 is 6.03 Å². The Balaban J connectivity index is 1.64.